The minimum atomic E-state index is -0.543. The van der Waals surface area contributed by atoms with Gasteiger partial charge in [-0.15, -0.1) is 0 Å². The third-order valence-electron chi connectivity index (χ3n) is 2.92. The number of hydrogen-bond donors (Lipinski definition) is 2. The van der Waals surface area contributed by atoms with Crippen LogP contribution in [-0.2, 0) is 4.79 Å². The zero-order chi connectivity index (χ0) is 16.8. The van der Waals surface area contributed by atoms with Crippen molar-refractivity contribution in [3.05, 3.63) is 63.9 Å². The van der Waals surface area contributed by atoms with Crippen molar-refractivity contribution in [2.45, 2.75) is 6.92 Å². The third-order valence-corrected chi connectivity index (χ3v) is 3.41. The number of hydrogen-bond acceptors (Lipinski definition) is 3. The molecule has 0 spiro atoms. The predicted molar refractivity (Wildman–Crippen MR) is 86.4 cm³/mol. The van der Waals surface area contributed by atoms with Gasteiger partial charge < -0.3 is 4.74 Å². The van der Waals surface area contributed by atoms with Gasteiger partial charge in [-0.3, -0.25) is 20.4 Å². The largest absolute Gasteiger partial charge is 0.483 e. The van der Waals surface area contributed by atoms with Crippen molar-refractivity contribution in [3.63, 3.8) is 0 Å². The maximum Gasteiger partial charge on any atom is 0.276 e. The minimum absolute atomic E-state index is 0.233. The van der Waals surface area contributed by atoms with Crippen molar-refractivity contribution >= 4 is 27.7 Å². The van der Waals surface area contributed by atoms with Gasteiger partial charge in [0.2, 0.25) is 0 Å². The molecule has 0 aliphatic heterocycles. The van der Waals surface area contributed by atoms with Gasteiger partial charge in [-0.1, -0.05) is 15.9 Å². The van der Waals surface area contributed by atoms with Crippen LogP contribution in [0, 0.1) is 12.7 Å². The number of aryl methyl sites for hydroxylation is 1. The summed E-state index contributed by atoms with van der Waals surface area (Å²) >= 11 is 3.34. The number of rotatable bonds is 4. The van der Waals surface area contributed by atoms with Crippen molar-refractivity contribution in [1.82, 2.24) is 10.9 Å². The molecule has 7 heteroatoms. The second-order valence-electron chi connectivity index (χ2n) is 4.71. The molecule has 5 nitrogen and oxygen atoms in total. The maximum absolute atomic E-state index is 12.8. The van der Waals surface area contributed by atoms with Crippen molar-refractivity contribution in [2.24, 2.45) is 0 Å². The van der Waals surface area contributed by atoms with Gasteiger partial charge in [-0.25, -0.2) is 4.39 Å². The Hall–Kier alpha value is -2.41. The lowest BCUT2D eigenvalue weighted by molar-refractivity contribution is -0.123. The summed E-state index contributed by atoms with van der Waals surface area (Å²) in [7, 11) is 0. The van der Waals surface area contributed by atoms with Crippen LogP contribution in [-0.4, -0.2) is 18.4 Å². The van der Waals surface area contributed by atoms with Gasteiger partial charge >= 0.3 is 0 Å². The quantitative estimate of drug-likeness (QED) is 0.801. The molecule has 0 radical (unpaired) electrons. The Morgan fingerprint density at radius 3 is 2.48 bits per heavy atom. The smallest absolute Gasteiger partial charge is 0.276 e. The molecule has 0 aromatic heterocycles. The highest BCUT2D eigenvalue weighted by atomic mass is 79.9. The van der Waals surface area contributed by atoms with Gasteiger partial charge in [-0.2, -0.15) is 0 Å². The fourth-order valence-corrected chi connectivity index (χ4v) is 2.23. The molecule has 0 aliphatic rings. The summed E-state index contributed by atoms with van der Waals surface area (Å²) in [5.41, 5.74) is 5.57. The number of nitrogens with one attached hydrogen (secondary N) is 2. The van der Waals surface area contributed by atoms with Crippen molar-refractivity contribution in [2.75, 3.05) is 6.61 Å². The van der Waals surface area contributed by atoms with E-state index in [0.29, 0.717) is 5.75 Å². The molecule has 120 valence electrons. The van der Waals surface area contributed by atoms with Gasteiger partial charge in [0.05, 0.1) is 0 Å². The summed E-state index contributed by atoms with van der Waals surface area (Å²) in [6.07, 6.45) is 0. The van der Waals surface area contributed by atoms with E-state index in [1.165, 1.54) is 12.1 Å². The molecule has 0 bridgehead atoms. The summed E-state index contributed by atoms with van der Waals surface area (Å²) in [4.78, 5) is 23.4. The van der Waals surface area contributed by atoms with E-state index in [9.17, 15) is 14.0 Å². The molecule has 2 aromatic rings. The molecule has 2 aromatic carbocycles. The zero-order valence-corrected chi connectivity index (χ0v) is 13.8. The Labute approximate surface area is 140 Å². The average Bonchev–Trinajstić information content (AvgIpc) is 2.52. The monoisotopic (exact) mass is 380 g/mol. The van der Waals surface area contributed by atoms with E-state index in [2.05, 4.69) is 26.8 Å². The summed E-state index contributed by atoms with van der Waals surface area (Å²) in [5.74, 6) is -0.919. The average molecular weight is 381 g/mol. The molecule has 0 aliphatic carbocycles. The van der Waals surface area contributed by atoms with Crippen molar-refractivity contribution in [3.8, 4) is 5.75 Å². The molecular formula is C16H14BrFN2O3. The van der Waals surface area contributed by atoms with E-state index in [1.54, 1.807) is 12.1 Å². The number of halogens is 2. The number of carbonyl (C=O) groups is 2. The van der Waals surface area contributed by atoms with Crippen LogP contribution in [0.1, 0.15) is 15.9 Å². The molecule has 0 unspecified atom stereocenters. The summed E-state index contributed by atoms with van der Waals surface area (Å²) in [5, 5.41) is 0. The SMILES string of the molecule is Cc1cc(Br)ccc1OCC(=O)NNC(=O)c1ccc(F)cc1. The first-order valence-electron chi connectivity index (χ1n) is 6.69. The van der Waals surface area contributed by atoms with E-state index in [0.717, 1.165) is 22.2 Å². The molecule has 23 heavy (non-hydrogen) atoms. The molecule has 0 fully saturated rings. The van der Waals surface area contributed by atoms with Crippen LogP contribution in [0.2, 0.25) is 0 Å². The molecule has 0 saturated carbocycles. The van der Waals surface area contributed by atoms with E-state index in [-0.39, 0.29) is 12.2 Å². The van der Waals surface area contributed by atoms with Gasteiger partial charge in [0.25, 0.3) is 11.8 Å². The lowest BCUT2D eigenvalue weighted by Crippen LogP contribution is -2.43. The Balaban J connectivity index is 1.81. The number of ether oxygens (including phenoxy) is 1. The number of hydrazine groups is 1. The first kappa shape index (κ1) is 17.0. The van der Waals surface area contributed by atoms with Crippen LogP contribution < -0.4 is 15.6 Å². The fraction of sp³-hybridized carbons (Fsp3) is 0.125. The Bertz CT molecular complexity index is 720. The molecule has 2 N–H and O–H groups in total. The molecule has 0 heterocycles. The lowest BCUT2D eigenvalue weighted by atomic mass is 10.2. The van der Waals surface area contributed by atoms with Crippen LogP contribution in [0.4, 0.5) is 4.39 Å². The number of benzene rings is 2. The van der Waals surface area contributed by atoms with E-state index in [4.69, 9.17) is 4.74 Å². The fourth-order valence-electron chi connectivity index (χ4n) is 1.75. The first-order valence-corrected chi connectivity index (χ1v) is 7.48. The second-order valence-corrected chi connectivity index (χ2v) is 5.62. The summed E-state index contributed by atoms with van der Waals surface area (Å²) < 4.78 is 19.1. The highest BCUT2D eigenvalue weighted by molar-refractivity contribution is 9.10. The Kier molecular flexibility index (Phi) is 5.70. The van der Waals surface area contributed by atoms with Gasteiger partial charge in [0.15, 0.2) is 6.61 Å². The van der Waals surface area contributed by atoms with Gasteiger partial charge in [0, 0.05) is 10.0 Å². The normalized spacial score (nSPS) is 10.0. The predicted octanol–water partition coefficient (Wildman–Crippen LogP) is 2.74. The topological polar surface area (TPSA) is 67.4 Å². The standard InChI is InChI=1S/C16H14BrFN2O3/c1-10-8-12(17)4-7-14(10)23-9-15(21)19-20-16(22)11-2-5-13(18)6-3-11/h2-8H,9H2,1H3,(H,19,21)(H,20,22). The maximum atomic E-state index is 12.8. The lowest BCUT2D eigenvalue weighted by Gasteiger charge is -2.10. The zero-order valence-electron chi connectivity index (χ0n) is 12.2. The van der Waals surface area contributed by atoms with Crippen LogP contribution >= 0.6 is 15.9 Å². The van der Waals surface area contributed by atoms with Crippen LogP contribution in [0.15, 0.2) is 46.9 Å². The summed E-state index contributed by atoms with van der Waals surface area (Å²) in [6, 6.07) is 10.4. The molecule has 0 saturated heterocycles. The van der Waals surface area contributed by atoms with Crippen LogP contribution in [0.3, 0.4) is 0 Å². The minimum Gasteiger partial charge on any atom is -0.483 e. The van der Waals surface area contributed by atoms with E-state index in [1.807, 2.05) is 13.0 Å². The highest BCUT2D eigenvalue weighted by Gasteiger charge is 2.09. The molecular weight excluding hydrogens is 367 g/mol. The highest BCUT2D eigenvalue weighted by Crippen LogP contribution is 2.21. The molecule has 2 rings (SSSR count). The molecule has 2 amide bonds. The van der Waals surface area contributed by atoms with Gasteiger partial charge in [-0.05, 0) is 55.0 Å². The number of carbonyl (C=O) groups excluding carboxylic acids is 2. The Morgan fingerprint density at radius 1 is 1.13 bits per heavy atom. The van der Waals surface area contributed by atoms with Crippen molar-refractivity contribution < 1.29 is 18.7 Å². The van der Waals surface area contributed by atoms with Crippen molar-refractivity contribution in [1.29, 1.82) is 0 Å². The van der Waals surface area contributed by atoms with Crippen LogP contribution in [0.5, 0.6) is 5.75 Å². The van der Waals surface area contributed by atoms with Crippen LogP contribution in [0.25, 0.3) is 0 Å². The Morgan fingerprint density at radius 2 is 1.83 bits per heavy atom. The van der Waals surface area contributed by atoms with E-state index >= 15 is 0 Å². The molecule has 0 atom stereocenters. The summed E-state index contributed by atoms with van der Waals surface area (Å²) in [6.45, 7) is 1.61. The second kappa shape index (κ2) is 7.73. The first-order chi connectivity index (χ1) is 11.0. The number of amides is 2. The third kappa shape index (κ3) is 5.07. The van der Waals surface area contributed by atoms with E-state index < -0.39 is 17.6 Å². The van der Waals surface area contributed by atoms with Gasteiger partial charge in [0.1, 0.15) is 11.6 Å².